The molecule has 5 rings (SSSR count). The van der Waals surface area contributed by atoms with E-state index in [1.165, 1.54) is 22.6 Å². The van der Waals surface area contributed by atoms with Crippen LogP contribution in [-0.4, -0.2) is 49.3 Å². The smallest absolute Gasteiger partial charge is 0.356 e. The summed E-state index contributed by atoms with van der Waals surface area (Å²) in [6, 6.07) is 3.56. The van der Waals surface area contributed by atoms with E-state index in [1.807, 2.05) is 11.0 Å². The fraction of sp³-hybridized carbons (Fsp3) is 0.346. The Morgan fingerprint density at radius 2 is 2.03 bits per heavy atom. The fourth-order valence-electron chi connectivity index (χ4n) is 4.65. The van der Waals surface area contributed by atoms with E-state index in [4.69, 9.17) is 16.6 Å². The molecule has 1 fully saturated rings. The fourth-order valence-corrected chi connectivity index (χ4v) is 4.80. The molecule has 2 N–H and O–H groups in total. The lowest BCUT2D eigenvalue weighted by molar-refractivity contribution is -0.132. The zero-order chi connectivity index (χ0) is 26.4. The van der Waals surface area contributed by atoms with Crippen LogP contribution in [0.3, 0.4) is 0 Å². The molecule has 1 saturated carbocycles. The lowest BCUT2D eigenvalue weighted by Crippen LogP contribution is -2.36. The van der Waals surface area contributed by atoms with Gasteiger partial charge in [0.2, 0.25) is 5.91 Å². The number of aromatic carboxylic acids is 1. The number of aromatic nitrogens is 3. The van der Waals surface area contributed by atoms with Crippen molar-refractivity contribution >= 4 is 40.4 Å². The molecule has 3 aromatic heterocycles. The van der Waals surface area contributed by atoms with E-state index in [2.05, 4.69) is 10.3 Å². The Bertz CT molecular complexity index is 1530. The van der Waals surface area contributed by atoms with E-state index < -0.39 is 23.4 Å². The SMILES string of the molecule is Cc1c(C2=CCN(C(=O)C3CC3)CC2)nc2c([C@@H](C)Nc3ccc(Cl)nc3C(=O)O)cc(F)cn2c1=O. The number of carboxylic acids is 1. The molecule has 1 aliphatic carbocycles. The highest BCUT2D eigenvalue weighted by Crippen LogP contribution is 2.33. The summed E-state index contributed by atoms with van der Waals surface area (Å²) in [7, 11) is 0. The van der Waals surface area contributed by atoms with E-state index in [1.54, 1.807) is 13.8 Å². The third-order valence-electron chi connectivity index (χ3n) is 6.80. The van der Waals surface area contributed by atoms with Gasteiger partial charge in [0.1, 0.15) is 16.6 Å². The van der Waals surface area contributed by atoms with Crippen molar-refractivity contribution in [3.8, 4) is 0 Å². The van der Waals surface area contributed by atoms with Crippen LogP contribution >= 0.6 is 11.6 Å². The van der Waals surface area contributed by atoms with Gasteiger partial charge in [-0.25, -0.2) is 19.2 Å². The number of carbonyl (C=O) groups excluding carboxylic acids is 1. The Hall–Kier alpha value is -3.79. The van der Waals surface area contributed by atoms with Crippen LogP contribution in [0.1, 0.15) is 59.5 Å². The van der Waals surface area contributed by atoms with Crippen LogP contribution in [0.25, 0.3) is 11.2 Å². The maximum absolute atomic E-state index is 14.6. The van der Waals surface area contributed by atoms with Crippen molar-refractivity contribution in [3.05, 3.63) is 74.3 Å². The average molecular weight is 526 g/mol. The minimum atomic E-state index is -1.27. The van der Waals surface area contributed by atoms with E-state index in [0.717, 1.165) is 24.6 Å². The number of halogens is 2. The lowest BCUT2D eigenvalue weighted by Gasteiger charge is -2.27. The second kappa shape index (κ2) is 9.59. The van der Waals surface area contributed by atoms with E-state index in [-0.39, 0.29) is 34.0 Å². The molecule has 37 heavy (non-hydrogen) atoms. The van der Waals surface area contributed by atoms with Crippen LogP contribution in [0.4, 0.5) is 10.1 Å². The molecule has 0 unspecified atom stereocenters. The molecule has 1 atom stereocenters. The quantitative estimate of drug-likeness (QED) is 0.465. The highest BCUT2D eigenvalue weighted by Gasteiger charge is 2.34. The minimum Gasteiger partial charge on any atom is -0.476 e. The van der Waals surface area contributed by atoms with Gasteiger partial charge >= 0.3 is 5.97 Å². The Morgan fingerprint density at radius 3 is 2.68 bits per heavy atom. The molecule has 9 nitrogen and oxygen atoms in total. The first-order valence-electron chi connectivity index (χ1n) is 12.0. The van der Waals surface area contributed by atoms with Gasteiger partial charge in [0.05, 0.1) is 17.4 Å². The number of fused-ring (bicyclic) bond motifs is 1. The minimum absolute atomic E-state index is 0.0262. The van der Waals surface area contributed by atoms with Crippen molar-refractivity contribution in [1.82, 2.24) is 19.3 Å². The Morgan fingerprint density at radius 1 is 1.27 bits per heavy atom. The summed E-state index contributed by atoms with van der Waals surface area (Å²) in [5.41, 5.74) is 1.90. The molecule has 3 aromatic rings. The first-order valence-corrected chi connectivity index (χ1v) is 12.4. The predicted molar refractivity (Wildman–Crippen MR) is 136 cm³/mol. The van der Waals surface area contributed by atoms with Gasteiger partial charge in [0, 0.05) is 36.3 Å². The molecule has 1 amide bonds. The molecule has 0 radical (unpaired) electrons. The number of carbonyl (C=O) groups is 2. The van der Waals surface area contributed by atoms with Crippen LogP contribution in [0, 0.1) is 18.7 Å². The Labute approximate surface area is 216 Å². The van der Waals surface area contributed by atoms with Crippen LogP contribution in [0.5, 0.6) is 0 Å². The Kier molecular flexibility index (Phi) is 6.45. The van der Waals surface area contributed by atoms with Crippen molar-refractivity contribution in [1.29, 1.82) is 0 Å². The van der Waals surface area contributed by atoms with Crippen LogP contribution in [0.15, 0.2) is 35.3 Å². The number of nitrogens with one attached hydrogen (secondary N) is 1. The van der Waals surface area contributed by atoms with Gasteiger partial charge in [-0.1, -0.05) is 17.7 Å². The summed E-state index contributed by atoms with van der Waals surface area (Å²) >= 11 is 5.85. The summed E-state index contributed by atoms with van der Waals surface area (Å²) < 4.78 is 15.8. The summed E-state index contributed by atoms with van der Waals surface area (Å²) in [6.45, 7) is 4.38. The van der Waals surface area contributed by atoms with Crippen LogP contribution < -0.4 is 10.9 Å². The van der Waals surface area contributed by atoms with Gasteiger partial charge in [-0.15, -0.1) is 0 Å². The molecule has 0 spiro atoms. The molecule has 0 saturated heterocycles. The van der Waals surface area contributed by atoms with Gasteiger partial charge in [-0.2, -0.15) is 0 Å². The maximum Gasteiger partial charge on any atom is 0.356 e. The van der Waals surface area contributed by atoms with Crippen molar-refractivity contribution in [2.75, 3.05) is 18.4 Å². The second-order valence-corrected chi connectivity index (χ2v) is 9.82. The van der Waals surface area contributed by atoms with Crippen LogP contribution in [-0.2, 0) is 4.79 Å². The molecule has 0 aromatic carbocycles. The number of rotatable bonds is 6. The molecule has 4 heterocycles. The maximum atomic E-state index is 14.6. The lowest BCUT2D eigenvalue weighted by atomic mass is 10.0. The molecular weight excluding hydrogens is 501 g/mol. The highest BCUT2D eigenvalue weighted by atomic mass is 35.5. The standard InChI is InChI=1S/C26H25ClFN5O4/c1-13-21(15-7-9-32(10-8-15)25(35)16-3-4-16)31-23-18(11-17(28)12-33(23)24(13)34)14(2)29-19-5-6-20(27)30-22(19)26(36)37/h5-7,11-12,14,16,29H,3-4,8-10H2,1-2H3,(H,36,37)/t14-/m1/s1. The summed E-state index contributed by atoms with van der Waals surface area (Å²) in [5, 5.41) is 12.6. The average Bonchev–Trinajstić information content (AvgIpc) is 3.72. The number of carboxylic acid groups (broad SMARTS) is 1. The first kappa shape index (κ1) is 24.9. The van der Waals surface area contributed by atoms with Gasteiger partial charge < -0.3 is 15.3 Å². The number of hydrogen-bond donors (Lipinski definition) is 2. The van der Waals surface area contributed by atoms with E-state index in [9.17, 15) is 23.9 Å². The topological polar surface area (TPSA) is 117 Å². The normalized spacial score (nSPS) is 16.4. The first-order chi connectivity index (χ1) is 17.6. The van der Waals surface area contributed by atoms with Gasteiger partial charge in [0.15, 0.2) is 5.69 Å². The van der Waals surface area contributed by atoms with Gasteiger partial charge in [-0.3, -0.25) is 14.0 Å². The molecule has 0 bridgehead atoms. The predicted octanol–water partition coefficient (Wildman–Crippen LogP) is 4.09. The third-order valence-corrected chi connectivity index (χ3v) is 7.01. The highest BCUT2D eigenvalue weighted by molar-refractivity contribution is 6.29. The molecule has 1 aliphatic heterocycles. The number of nitrogens with zero attached hydrogens (tertiary/aromatic N) is 4. The summed E-state index contributed by atoms with van der Waals surface area (Å²) in [5.74, 6) is -1.59. The van der Waals surface area contributed by atoms with Crippen molar-refractivity contribution in [2.45, 2.75) is 39.2 Å². The van der Waals surface area contributed by atoms with E-state index in [0.29, 0.717) is 36.3 Å². The molecular formula is C26H25ClFN5O4. The monoisotopic (exact) mass is 525 g/mol. The summed E-state index contributed by atoms with van der Waals surface area (Å²) in [6.07, 6.45) is 5.47. The number of anilines is 1. The van der Waals surface area contributed by atoms with Crippen LogP contribution in [0.2, 0.25) is 5.15 Å². The molecule has 11 heteroatoms. The zero-order valence-electron chi connectivity index (χ0n) is 20.3. The van der Waals surface area contributed by atoms with E-state index >= 15 is 0 Å². The third kappa shape index (κ3) is 4.81. The number of amides is 1. The summed E-state index contributed by atoms with van der Waals surface area (Å²) in [4.78, 5) is 47.8. The second-order valence-electron chi connectivity index (χ2n) is 9.44. The number of hydrogen-bond acceptors (Lipinski definition) is 6. The van der Waals surface area contributed by atoms with Gasteiger partial charge in [0.25, 0.3) is 5.56 Å². The number of pyridine rings is 2. The van der Waals surface area contributed by atoms with Gasteiger partial charge in [-0.05, 0) is 56.9 Å². The van der Waals surface area contributed by atoms with Crippen molar-refractivity contribution in [2.24, 2.45) is 5.92 Å². The molecule has 192 valence electrons. The largest absolute Gasteiger partial charge is 0.476 e. The Balaban J connectivity index is 1.54. The van der Waals surface area contributed by atoms with Crippen molar-refractivity contribution < 1.29 is 19.1 Å². The molecule has 2 aliphatic rings. The van der Waals surface area contributed by atoms with Crippen molar-refractivity contribution in [3.63, 3.8) is 0 Å². The zero-order valence-corrected chi connectivity index (χ0v) is 21.0.